The number of aryl methyl sites for hydroxylation is 1. The highest BCUT2D eigenvalue weighted by molar-refractivity contribution is 6.34. The molecule has 0 saturated heterocycles. The van der Waals surface area contributed by atoms with Gasteiger partial charge in [0.1, 0.15) is 5.82 Å². The van der Waals surface area contributed by atoms with Crippen LogP contribution < -0.4 is 11.1 Å². The predicted molar refractivity (Wildman–Crippen MR) is 72.8 cm³/mol. The normalized spacial score (nSPS) is 10.1. The van der Waals surface area contributed by atoms with Crippen LogP contribution in [-0.4, -0.2) is 10.9 Å². The van der Waals surface area contributed by atoms with Gasteiger partial charge in [0.2, 0.25) is 0 Å². The Hall–Kier alpha value is -2.07. The molecular weight excluding hydrogens is 250 g/mol. The molecule has 0 aliphatic heterocycles. The number of nitrogen functional groups attached to an aromatic ring is 1. The van der Waals surface area contributed by atoms with Gasteiger partial charge < -0.3 is 11.1 Å². The van der Waals surface area contributed by atoms with Gasteiger partial charge in [-0.1, -0.05) is 23.7 Å². The molecule has 0 saturated carbocycles. The lowest BCUT2D eigenvalue weighted by Gasteiger charge is -2.07. The molecule has 4 nitrogen and oxygen atoms in total. The van der Waals surface area contributed by atoms with Crippen LogP contribution in [-0.2, 0) is 0 Å². The van der Waals surface area contributed by atoms with Gasteiger partial charge in [0.25, 0.3) is 5.91 Å². The molecule has 0 unspecified atom stereocenters. The zero-order chi connectivity index (χ0) is 13.1. The van der Waals surface area contributed by atoms with Crippen molar-refractivity contribution in [3.63, 3.8) is 0 Å². The molecule has 2 aromatic rings. The largest absolute Gasteiger partial charge is 0.397 e. The number of carbonyl (C=O) groups excluding carboxylic acids is 1. The third kappa shape index (κ3) is 2.60. The second-order valence-electron chi connectivity index (χ2n) is 3.88. The zero-order valence-corrected chi connectivity index (χ0v) is 10.5. The van der Waals surface area contributed by atoms with Gasteiger partial charge in [-0.15, -0.1) is 0 Å². The van der Waals surface area contributed by atoms with E-state index in [1.165, 1.54) is 0 Å². The van der Waals surface area contributed by atoms with E-state index in [1.54, 1.807) is 30.5 Å². The number of para-hydroxylation sites is 1. The van der Waals surface area contributed by atoms with Gasteiger partial charge in [0, 0.05) is 6.20 Å². The first-order chi connectivity index (χ1) is 8.58. The van der Waals surface area contributed by atoms with Crippen molar-refractivity contribution in [3.05, 3.63) is 52.7 Å². The Morgan fingerprint density at radius 2 is 2.11 bits per heavy atom. The number of amides is 1. The van der Waals surface area contributed by atoms with Crippen molar-refractivity contribution in [2.24, 2.45) is 0 Å². The number of rotatable bonds is 2. The van der Waals surface area contributed by atoms with Crippen LogP contribution in [0.2, 0.25) is 5.02 Å². The van der Waals surface area contributed by atoms with Crippen LogP contribution in [0.25, 0.3) is 0 Å². The molecule has 0 radical (unpaired) electrons. The summed E-state index contributed by atoms with van der Waals surface area (Å²) >= 11 is 5.86. The Labute approximate surface area is 110 Å². The monoisotopic (exact) mass is 261 g/mol. The summed E-state index contributed by atoms with van der Waals surface area (Å²) in [6.45, 7) is 1.92. The summed E-state index contributed by atoms with van der Waals surface area (Å²) in [5, 5.41) is 3.03. The van der Waals surface area contributed by atoms with Crippen molar-refractivity contribution < 1.29 is 4.79 Å². The van der Waals surface area contributed by atoms with E-state index in [1.807, 2.05) is 13.0 Å². The predicted octanol–water partition coefficient (Wildman–Crippen LogP) is 2.88. The first-order valence-corrected chi connectivity index (χ1v) is 5.73. The fourth-order valence-corrected chi connectivity index (χ4v) is 1.63. The molecule has 1 heterocycles. The fraction of sp³-hybridized carbons (Fsp3) is 0.0769. The van der Waals surface area contributed by atoms with E-state index in [4.69, 9.17) is 17.3 Å². The minimum Gasteiger partial charge on any atom is -0.397 e. The quantitative estimate of drug-likeness (QED) is 0.817. The Balaban J connectivity index is 2.22. The molecule has 0 bridgehead atoms. The molecule has 3 N–H and O–H groups in total. The summed E-state index contributed by atoms with van der Waals surface area (Å²) in [6, 6.07) is 8.52. The molecule has 92 valence electrons. The number of anilines is 2. The summed E-state index contributed by atoms with van der Waals surface area (Å²) in [4.78, 5) is 16.1. The van der Waals surface area contributed by atoms with Gasteiger partial charge >= 0.3 is 0 Å². The minimum absolute atomic E-state index is 0.267. The van der Waals surface area contributed by atoms with Crippen molar-refractivity contribution >= 4 is 29.0 Å². The first kappa shape index (κ1) is 12.4. The molecule has 2 rings (SSSR count). The topological polar surface area (TPSA) is 68.0 Å². The second kappa shape index (κ2) is 5.06. The number of hydrogen-bond acceptors (Lipinski definition) is 3. The lowest BCUT2D eigenvalue weighted by Crippen LogP contribution is -2.15. The minimum atomic E-state index is -0.327. The van der Waals surface area contributed by atoms with Gasteiger partial charge in [-0.3, -0.25) is 4.79 Å². The van der Waals surface area contributed by atoms with Gasteiger partial charge in [0.15, 0.2) is 0 Å². The smallest absolute Gasteiger partial charge is 0.258 e. The summed E-state index contributed by atoms with van der Waals surface area (Å²) in [5.74, 6) is 0.149. The van der Waals surface area contributed by atoms with Crippen LogP contribution in [0.4, 0.5) is 11.5 Å². The van der Waals surface area contributed by atoms with E-state index < -0.39 is 0 Å². The van der Waals surface area contributed by atoms with Gasteiger partial charge in [0.05, 0.1) is 16.3 Å². The maximum atomic E-state index is 12.0. The molecule has 0 aliphatic rings. The Kier molecular flexibility index (Phi) is 3.48. The molecular formula is C13H12ClN3O. The average Bonchev–Trinajstić information content (AvgIpc) is 2.35. The van der Waals surface area contributed by atoms with Crippen LogP contribution in [0.5, 0.6) is 0 Å². The highest BCUT2D eigenvalue weighted by Crippen LogP contribution is 2.23. The number of benzene rings is 1. The Morgan fingerprint density at radius 3 is 2.78 bits per heavy atom. The maximum Gasteiger partial charge on any atom is 0.258 e. The van der Waals surface area contributed by atoms with Gasteiger partial charge in [-0.25, -0.2) is 4.98 Å². The zero-order valence-electron chi connectivity index (χ0n) is 9.77. The lowest BCUT2D eigenvalue weighted by atomic mass is 10.1. The van der Waals surface area contributed by atoms with Gasteiger partial charge in [-0.05, 0) is 30.7 Å². The summed E-state index contributed by atoms with van der Waals surface area (Å²) in [7, 11) is 0. The summed E-state index contributed by atoms with van der Waals surface area (Å²) in [5.41, 5.74) is 7.38. The Morgan fingerprint density at radius 1 is 1.33 bits per heavy atom. The SMILES string of the molecule is Cc1ccc(NC(=O)c2cccc(Cl)c2N)nc1. The van der Waals surface area contributed by atoms with Crippen molar-refractivity contribution in [1.82, 2.24) is 4.98 Å². The molecule has 0 spiro atoms. The Bertz CT molecular complexity index is 581. The van der Waals surface area contributed by atoms with E-state index >= 15 is 0 Å². The molecule has 1 aromatic carbocycles. The van der Waals surface area contributed by atoms with Crippen molar-refractivity contribution in [2.75, 3.05) is 11.1 Å². The van der Waals surface area contributed by atoms with Gasteiger partial charge in [-0.2, -0.15) is 0 Å². The number of nitrogens with two attached hydrogens (primary N) is 1. The van der Waals surface area contributed by atoms with Crippen LogP contribution in [0, 0.1) is 6.92 Å². The molecule has 1 amide bonds. The summed E-state index contributed by atoms with van der Waals surface area (Å²) in [6.07, 6.45) is 1.68. The van der Waals surface area contributed by atoms with E-state index in [2.05, 4.69) is 10.3 Å². The first-order valence-electron chi connectivity index (χ1n) is 5.36. The molecule has 0 atom stereocenters. The van der Waals surface area contributed by atoms with Crippen LogP contribution in [0.3, 0.4) is 0 Å². The fourth-order valence-electron chi connectivity index (χ4n) is 1.46. The number of nitrogens with zero attached hydrogens (tertiary/aromatic N) is 1. The second-order valence-corrected chi connectivity index (χ2v) is 4.28. The highest BCUT2D eigenvalue weighted by Gasteiger charge is 2.12. The number of pyridine rings is 1. The van der Waals surface area contributed by atoms with Crippen LogP contribution >= 0.6 is 11.6 Å². The summed E-state index contributed by atoms with van der Waals surface area (Å²) < 4.78 is 0. The lowest BCUT2D eigenvalue weighted by molar-refractivity contribution is 0.102. The standard InChI is InChI=1S/C13H12ClN3O/c1-8-5-6-11(16-7-8)17-13(18)9-3-2-4-10(14)12(9)15/h2-7H,15H2,1H3,(H,16,17,18). The average molecular weight is 262 g/mol. The van der Waals surface area contributed by atoms with Crippen LogP contribution in [0.1, 0.15) is 15.9 Å². The number of carbonyl (C=O) groups is 1. The number of hydrogen-bond donors (Lipinski definition) is 2. The molecule has 0 fully saturated rings. The third-order valence-corrected chi connectivity index (χ3v) is 2.78. The number of aromatic nitrogens is 1. The highest BCUT2D eigenvalue weighted by atomic mass is 35.5. The van der Waals surface area contributed by atoms with E-state index in [-0.39, 0.29) is 11.6 Å². The van der Waals surface area contributed by atoms with E-state index in [0.717, 1.165) is 5.56 Å². The maximum absolute atomic E-state index is 12.0. The molecule has 5 heteroatoms. The van der Waals surface area contributed by atoms with Crippen molar-refractivity contribution in [3.8, 4) is 0 Å². The van der Waals surface area contributed by atoms with E-state index in [9.17, 15) is 4.79 Å². The third-order valence-electron chi connectivity index (χ3n) is 2.45. The van der Waals surface area contributed by atoms with Crippen molar-refractivity contribution in [2.45, 2.75) is 6.92 Å². The molecule has 18 heavy (non-hydrogen) atoms. The molecule has 0 aliphatic carbocycles. The molecule has 1 aromatic heterocycles. The number of nitrogens with one attached hydrogen (secondary N) is 1. The van der Waals surface area contributed by atoms with Crippen LogP contribution in [0.15, 0.2) is 36.5 Å². The van der Waals surface area contributed by atoms with E-state index in [0.29, 0.717) is 16.4 Å². The number of halogens is 1. The van der Waals surface area contributed by atoms with Crippen molar-refractivity contribution in [1.29, 1.82) is 0 Å².